The first kappa shape index (κ1) is 8.52. The molecule has 2 amide bonds. The van der Waals surface area contributed by atoms with Crippen LogP contribution in [0, 0.1) is 0 Å². The minimum atomic E-state index is -0.482. The molecule has 3 N–H and O–H groups in total. The Balaban J connectivity index is 2.29. The van der Waals surface area contributed by atoms with Crippen molar-refractivity contribution in [1.82, 2.24) is 10.3 Å². The number of nitrogens with two attached hydrogens (primary N) is 1. The maximum atomic E-state index is 10.3. The first-order valence-corrected chi connectivity index (χ1v) is 3.71. The number of urea groups is 1. The summed E-state index contributed by atoms with van der Waals surface area (Å²) in [5.41, 5.74) is 6.03. The second-order valence-corrected chi connectivity index (χ2v) is 2.40. The van der Waals surface area contributed by atoms with Gasteiger partial charge in [-0.15, -0.1) is 0 Å². The van der Waals surface area contributed by atoms with Crippen LogP contribution < -0.4 is 11.1 Å². The van der Waals surface area contributed by atoms with Crippen LogP contribution >= 0.6 is 0 Å². The molecular formula is C8H11N3O. The molecule has 0 fully saturated rings. The van der Waals surface area contributed by atoms with Crippen molar-refractivity contribution >= 4 is 6.03 Å². The quantitative estimate of drug-likeness (QED) is 0.676. The molecule has 1 rings (SSSR count). The van der Waals surface area contributed by atoms with Gasteiger partial charge in [0.1, 0.15) is 0 Å². The van der Waals surface area contributed by atoms with E-state index in [4.69, 9.17) is 5.73 Å². The van der Waals surface area contributed by atoms with Crippen molar-refractivity contribution in [3.05, 3.63) is 30.1 Å². The highest BCUT2D eigenvalue weighted by atomic mass is 16.2. The molecule has 0 saturated carbocycles. The molecule has 0 unspecified atom stereocenters. The van der Waals surface area contributed by atoms with E-state index in [1.54, 1.807) is 12.4 Å². The van der Waals surface area contributed by atoms with E-state index in [-0.39, 0.29) is 0 Å². The molecule has 0 saturated heterocycles. The highest BCUT2D eigenvalue weighted by Crippen LogP contribution is 1.95. The van der Waals surface area contributed by atoms with Crippen molar-refractivity contribution in [2.24, 2.45) is 5.73 Å². The fourth-order valence-electron chi connectivity index (χ4n) is 0.879. The zero-order valence-electron chi connectivity index (χ0n) is 6.66. The zero-order chi connectivity index (χ0) is 8.81. The van der Waals surface area contributed by atoms with Crippen molar-refractivity contribution in [1.29, 1.82) is 0 Å². The van der Waals surface area contributed by atoms with E-state index >= 15 is 0 Å². The average Bonchev–Trinajstić information content (AvgIpc) is 2.05. The number of carbonyl (C=O) groups is 1. The Morgan fingerprint density at radius 3 is 2.75 bits per heavy atom. The SMILES string of the molecule is NC(=O)NCCc1ccncc1. The van der Waals surface area contributed by atoms with Gasteiger partial charge in [-0.1, -0.05) is 0 Å². The van der Waals surface area contributed by atoms with Gasteiger partial charge in [0.2, 0.25) is 0 Å². The lowest BCUT2D eigenvalue weighted by molar-refractivity contribution is 0.249. The third kappa shape index (κ3) is 3.01. The van der Waals surface area contributed by atoms with E-state index in [0.717, 1.165) is 12.0 Å². The van der Waals surface area contributed by atoms with Crippen molar-refractivity contribution in [2.75, 3.05) is 6.54 Å². The molecular weight excluding hydrogens is 154 g/mol. The molecule has 0 aliphatic heterocycles. The number of rotatable bonds is 3. The number of aromatic nitrogens is 1. The topological polar surface area (TPSA) is 68.0 Å². The van der Waals surface area contributed by atoms with Crippen molar-refractivity contribution in [2.45, 2.75) is 6.42 Å². The van der Waals surface area contributed by atoms with Crippen molar-refractivity contribution in [3.63, 3.8) is 0 Å². The summed E-state index contributed by atoms with van der Waals surface area (Å²) < 4.78 is 0. The molecule has 0 radical (unpaired) electrons. The number of amides is 2. The van der Waals surface area contributed by atoms with Crippen LogP contribution in [-0.2, 0) is 6.42 Å². The number of nitrogens with zero attached hydrogens (tertiary/aromatic N) is 1. The molecule has 0 atom stereocenters. The minimum absolute atomic E-state index is 0.482. The van der Waals surface area contributed by atoms with E-state index < -0.39 is 6.03 Å². The Bertz CT molecular complexity index is 248. The highest BCUT2D eigenvalue weighted by molar-refractivity contribution is 5.71. The van der Waals surface area contributed by atoms with Gasteiger partial charge in [-0.2, -0.15) is 0 Å². The maximum absolute atomic E-state index is 10.3. The molecule has 64 valence electrons. The van der Waals surface area contributed by atoms with Crippen molar-refractivity contribution < 1.29 is 4.79 Å². The Kier molecular flexibility index (Phi) is 3.07. The second-order valence-electron chi connectivity index (χ2n) is 2.40. The predicted octanol–water partition coefficient (Wildman–Crippen LogP) is 0.292. The van der Waals surface area contributed by atoms with Crippen LogP contribution in [0.5, 0.6) is 0 Å². The molecule has 4 heteroatoms. The monoisotopic (exact) mass is 165 g/mol. The standard InChI is InChI=1S/C8H11N3O/c9-8(12)11-6-3-7-1-4-10-5-2-7/h1-2,4-5H,3,6H2,(H3,9,11,12). The minimum Gasteiger partial charge on any atom is -0.352 e. The van der Waals surface area contributed by atoms with Gasteiger partial charge < -0.3 is 11.1 Å². The zero-order valence-corrected chi connectivity index (χ0v) is 6.66. The molecule has 0 spiro atoms. The van der Waals surface area contributed by atoms with Crippen LogP contribution in [0.3, 0.4) is 0 Å². The third-order valence-corrected chi connectivity index (χ3v) is 1.46. The number of hydrogen-bond acceptors (Lipinski definition) is 2. The van der Waals surface area contributed by atoms with E-state index in [1.165, 1.54) is 0 Å². The summed E-state index contributed by atoms with van der Waals surface area (Å²) >= 11 is 0. The van der Waals surface area contributed by atoms with Gasteiger partial charge in [0, 0.05) is 18.9 Å². The maximum Gasteiger partial charge on any atom is 0.312 e. The number of pyridine rings is 1. The lowest BCUT2D eigenvalue weighted by Gasteiger charge is -2.00. The van der Waals surface area contributed by atoms with Crippen LogP contribution in [0.4, 0.5) is 4.79 Å². The van der Waals surface area contributed by atoms with Crippen LogP contribution in [0.15, 0.2) is 24.5 Å². The molecule has 4 nitrogen and oxygen atoms in total. The molecule has 0 bridgehead atoms. The second kappa shape index (κ2) is 4.33. The van der Waals surface area contributed by atoms with Gasteiger partial charge in [0.05, 0.1) is 0 Å². The fourth-order valence-corrected chi connectivity index (χ4v) is 0.879. The molecule has 1 aromatic rings. The Hall–Kier alpha value is -1.58. The van der Waals surface area contributed by atoms with Gasteiger partial charge in [-0.05, 0) is 24.1 Å². The summed E-state index contributed by atoms with van der Waals surface area (Å²) in [6.45, 7) is 0.569. The van der Waals surface area contributed by atoms with Gasteiger partial charge in [-0.3, -0.25) is 4.98 Å². The average molecular weight is 165 g/mol. The third-order valence-electron chi connectivity index (χ3n) is 1.46. The van der Waals surface area contributed by atoms with E-state index in [2.05, 4.69) is 10.3 Å². The van der Waals surface area contributed by atoms with Gasteiger partial charge >= 0.3 is 6.03 Å². The summed E-state index contributed by atoms with van der Waals surface area (Å²) in [5, 5.41) is 2.51. The molecule has 0 aromatic carbocycles. The first-order valence-electron chi connectivity index (χ1n) is 3.71. The molecule has 1 aromatic heterocycles. The smallest absolute Gasteiger partial charge is 0.312 e. The first-order chi connectivity index (χ1) is 5.79. The summed E-state index contributed by atoms with van der Waals surface area (Å²) in [7, 11) is 0. The molecule has 1 heterocycles. The Morgan fingerprint density at radius 2 is 2.17 bits per heavy atom. The summed E-state index contributed by atoms with van der Waals surface area (Å²) in [6, 6.07) is 3.33. The number of hydrogen-bond donors (Lipinski definition) is 2. The van der Waals surface area contributed by atoms with E-state index in [0.29, 0.717) is 6.54 Å². The summed E-state index contributed by atoms with van der Waals surface area (Å²) in [4.78, 5) is 14.2. The summed E-state index contributed by atoms with van der Waals surface area (Å²) in [5.74, 6) is 0. The Labute approximate surface area is 70.8 Å². The number of carbonyl (C=O) groups excluding carboxylic acids is 1. The number of nitrogens with one attached hydrogen (secondary N) is 1. The lowest BCUT2D eigenvalue weighted by Crippen LogP contribution is -2.30. The van der Waals surface area contributed by atoms with E-state index in [1.807, 2.05) is 12.1 Å². The summed E-state index contributed by atoms with van der Waals surface area (Å²) in [6.07, 6.45) is 4.23. The largest absolute Gasteiger partial charge is 0.352 e. The van der Waals surface area contributed by atoms with Gasteiger partial charge in [-0.25, -0.2) is 4.79 Å². The highest BCUT2D eigenvalue weighted by Gasteiger charge is 1.92. The van der Waals surface area contributed by atoms with Crippen LogP contribution in [-0.4, -0.2) is 17.6 Å². The van der Waals surface area contributed by atoms with Gasteiger partial charge in [0.15, 0.2) is 0 Å². The molecule has 12 heavy (non-hydrogen) atoms. The van der Waals surface area contributed by atoms with Crippen LogP contribution in [0.25, 0.3) is 0 Å². The lowest BCUT2D eigenvalue weighted by atomic mass is 10.2. The van der Waals surface area contributed by atoms with Crippen molar-refractivity contribution in [3.8, 4) is 0 Å². The normalized spacial score (nSPS) is 9.33. The van der Waals surface area contributed by atoms with Crippen LogP contribution in [0.2, 0.25) is 0 Å². The van der Waals surface area contributed by atoms with Crippen LogP contribution in [0.1, 0.15) is 5.56 Å². The fraction of sp³-hybridized carbons (Fsp3) is 0.250. The predicted molar refractivity (Wildman–Crippen MR) is 45.5 cm³/mol. The molecule has 0 aliphatic rings. The van der Waals surface area contributed by atoms with E-state index in [9.17, 15) is 4.79 Å². The Morgan fingerprint density at radius 1 is 1.50 bits per heavy atom. The van der Waals surface area contributed by atoms with Gasteiger partial charge in [0.25, 0.3) is 0 Å². The number of primary amides is 1. The molecule has 0 aliphatic carbocycles.